The van der Waals surface area contributed by atoms with Crippen molar-refractivity contribution in [3.63, 3.8) is 0 Å². The molecule has 4 nitrogen and oxygen atoms in total. The normalized spacial score (nSPS) is 20.9. The first-order chi connectivity index (χ1) is 7.69. The van der Waals surface area contributed by atoms with E-state index in [1.807, 2.05) is 18.2 Å². The van der Waals surface area contributed by atoms with Crippen LogP contribution in [0.4, 0.5) is 0 Å². The van der Waals surface area contributed by atoms with Crippen molar-refractivity contribution < 1.29 is 14.7 Å². The van der Waals surface area contributed by atoms with E-state index in [2.05, 4.69) is 21.1 Å². The summed E-state index contributed by atoms with van der Waals surface area (Å²) in [7, 11) is 1.35. The van der Waals surface area contributed by atoms with E-state index in [0.717, 1.165) is 15.6 Å². The van der Waals surface area contributed by atoms with Gasteiger partial charge in [-0.15, -0.1) is 0 Å². The number of fused-ring (bicyclic) bond motifs is 1. The van der Waals surface area contributed by atoms with Crippen LogP contribution in [-0.4, -0.2) is 24.0 Å². The molecule has 1 N–H and O–H groups in total. The minimum absolute atomic E-state index is 0.313. The Labute approximate surface area is 101 Å². The number of nitrogens with zero attached hydrogens (tertiary/aromatic N) is 1. The summed E-state index contributed by atoms with van der Waals surface area (Å²) in [6.45, 7) is 0. The van der Waals surface area contributed by atoms with Gasteiger partial charge in [0, 0.05) is 16.5 Å². The number of hydrogen-bond donors (Lipinski definition) is 1. The van der Waals surface area contributed by atoms with E-state index in [1.54, 1.807) is 0 Å². The molecule has 2 rings (SSSR count). The number of ether oxygens (including phenoxy) is 1. The van der Waals surface area contributed by atoms with Crippen molar-refractivity contribution in [2.24, 2.45) is 5.16 Å². The van der Waals surface area contributed by atoms with E-state index in [1.165, 1.54) is 7.11 Å². The third-order valence-corrected chi connectivity index (χ3v) is 3.41. The van der Waals surface area contributed by atoms with Crippen molar-refractivity contribution in [3.8, 4) is 0 Å². The predicted octanol–water partition coefficient (Wildman–Crippen LogP) is 2.29. The highest BCUT2D eigenvalue weighted by Gasteiger charge is 2.35. The van der Waals surface area contributed by atoms with Crippen molar-refractivity contribution in [1.29, 1.82) is 0 Å². The van der Waals surface area contributed by atoms with E-state index in [4.69, 9.17) is 9.94 Å². The summed E-state index contributed by atoms with van der Waals surface area (Å²) in [5.74, 6) is -0.701. The molecule has 0 heterocycles. The lowest BCUT2D eigenvalue weighted by Gasteiger charge is -2.09. The lowest BCUT2D eigenvalue weighted by molar-refractivity contribution is -0.142. The molecule has 0 spiro atoms. The molecule has 84 valence electrons. The van der Waals surface area contributed by atoms with Gasteiger partial charge in [-0.05, 0) is 11.6 Å². The predicted molar refractivity (Wildman–Crippen MR) is 61.8 cm³/mol. The summed E-state index contributed by atoms with van der Waals surface area (Å²) in [6, 6.07) is 5.53. The maximum atomic E-state index is 11.6. The fraction of sp³-hybridized carbons (Fsp3) is 0.273. The van der Waals surface area contributed by atoms with Crippen LogP contribution in [0.3, 0.4) is 0 Å². The van der Waals surface area contributed by atoms with Gasteiger partial charge in [0.05, 0.1) is 18.7 Å². The first kappa shape index (κ1) is 11.1. The van der Waals surface area contributed by atoms with Gasteiger partial charge in [0.15, 0.2) is 0 Å². The molecule has 1 aromatic carbocycles. The zero-order valence-electron chi connectivity index (χ0n) is 8.61. The van der Waals surface area contributed by atoms with Crippen LogP contribution in [0.5, 0.6) is 0 Å². The Balaban J connectivity index is 2.56. The van der Waals surface area contributed by atoms with E-state index >= 15 is 0 Å². The van der Waals surface area contributed by atoms with Gasteiger partial charge < -0.3 is 9.94 Å². The molecule has 5 heteroatoms. The van der Waals surface area contributed by atoms with Gasteiger partial charge in [-0.2, -0.15) is 0 Å². The first-order valence-corrected chi connectivity index (χ1v) is 5.56. The third kappa shape index (κ3) is 1.61. The Morgan fingerprint density at radius 1 is 1.62 bits per heavy atom. The molecule has 0 saturated carbocycles. The number of carbonyl (C=O) groups excluding carboxylic acids is 1. The van der Waals surface area contributed by atoms with Gasteiger partial charge >= 0.3 is 5.97 Å². The van der Waals surface area contributed by atoms with Gasteiger partial charge in [-0.1, -0.05) is 33.2 Å². The zero-order chi connectivity index (χ0) is 11.7. The highest BCUT2D eigenvalue weighted by Crippen LogP contribution is 2.38. The first-order valence-electron chi connectivity index (χ1n) is 4.76. The summed E-state index contributed by atoms with van der Waals surface area (Å²) in [5.41, 5.74) is 2.15. The molecule has 0 saturated heterocycles. The minimum Gasteiger partial charge on any atom is -0.469 e. The number of methoxy groups -OCH3 is 1. The lowest BCUT2D eigenvalue weighted by atomic mass is 10.0. The van der Waals surface area contributed by atoms with Crippen molar-refractivity contribution >= 4 is 27.6 Å². The Kier molecular flexibility index (Phi) is 2.96. The topological polar surface area (TPSA) is 58.9 Å². The van der Waals surface area contributed by atoms with E-state index in [-0.39, 0.29) is 11.9 Å². The molecule has 1 aromatic rings. The van der Waals surface area contributed by atoms with E-state index in [9.17, 15) is 4.79 Å². The lowest BCUT2D eigenvalue weighted by Crippen LogP contribution is -2.12. The van der Waals surface area contributed by atoms with Crippen molar-refractivity contribution in [2.45, 2.75) is 12.3 Å². The SMILES string of the molecule is COC(=O)C1C/C(=N\O)c2cccc(Br)c21. The molecule has 1 aliphatic carbocycles. The van der Waals surface area contributed by atoms with Crippen molar-refractivity contribution in [3.05, 3.63) is 33.8 Å². The van der Waals surface area contributed by atoms with Crippen molar-refractivity contribution in [2.75, 3.05) is 7.11 Å². The van der Waals surface area contributed by atoms with Gasteiger partial charge in [0.1, 0.15) is 0 Å². The van der Waals surface area contributed by atoms with E-state index < -0.39 is 0 Å². The Bertz CT molecular complexity index is 470. The molecular weight excluding hydrogens is 274 g/mol. The monoisotopic (exact) mass is 283 g/mol. The summed E-state index contributed by atoms with van der Waals surface area (Å²) in [6.07, 6.45) is 0.376. The Morgan fingerprint density at radius 2 is 2.38 bits per heavy atom. The smallest absolute Gasteiger partial charge is 0.313 e. The van der Waals surface area contributed by atoms with Gasteiger partial charge in [-0.25, -0.2) is 0 Å². The van der Waals surface area contributed by atoms with Crippen LogP contribution in [0.1, 0.15) is 23.5 Å². The number of benzene rings is 1. The molecule has 0 aromatic heterocycles. The molecule has 1 aliphatic rings. The van der Waals surface area contributed by atoms with E-state index in [0.29, 0.717) is 12.1 Å². The zero-order valence-corrected chi connectivity index (χ0v) is 10.2. The second-order valence-electron chi connectivity index (χ2n) is 3.53. The second-order valence-corrected chi connectivity index (χ2v) is 4.38. The average Bonchev–Trinajstić information content (AvgIpc) is 2.68. The molecule has 0 fully saturated rings. The summed E-state index contributed by atoms with van der Waals surface area (Å²) < 4.78 is 5.57. The molecule has 0 radical (unpaired) electrons. The maximum absolute atomic E-state index is 11.6. The van der Waals surface area contributed by atoms with Gasteiger partial charge in [0.2, 0.25) is 0 Å². The maximum Gasteiger partial charge on any atom is 0.313 e. The van der Waals surface area contributed by atoms with Gasteiger partial charge in [-0.3, -0.25) is 4.79 Å². The minimum atomic E-state index is -0.388. The Morgan fingerprint density at radius 3 is 3.00 bits per heavy atom. The number of esters is 1. The van der Waals surface area contributed by atoms with Crippen LogP contribution < -0.4 is 0 Å². The molecule has 1 atom stereocenters. The largest absolute Gasteiger partial charge is 0.469 e. The third-order valence-electron chi connectivity index (χ3n) is 2.72. The molecule has 0 aliphatic heterocycles. The summed E-state index contributed by atoms with van der Waals surface area (Å²) >= 11 is 3.40. The number of rotatable bonds is 1. The summed E-state index contributed by atoms with van der Waals surface area (Å²) in [5, 5.41) is 12.1. The number of halogens is 1. The van der Waals surface area contributed by atoms with Crippen LogP contribution in [0.2, 0.25) is 0 Å². The van der Waals surface area contributed by atoms with Crippen LogP contribution in [0.15, 0.2) is 27.8 Å². The standard InChI is InChI=1S/C11H10BrNO3/c1-16-11(14)7-5-9(13-15)6-3-2-4-8(12)10(6)7/h2-4,7,15H,5H2,1H3/b13-9+. The fourth-order valence-corrected chi connectivity index (χ4v) is 2.63. The average molecular weight is 284 g/mol. The fourth-order valence-electron chi connectivity index (χ4n) is 1.99. The van der Waals surface area contributed by atoms with Crippen LogP contribution >= 0.6 is 15.9 Å². The highest BCUT2D eigenvalue weighted by molar-refractivity contribution is 9.10. The molecule has 1 unspecified atom stereocenters. The number of oxime groups is 1. The summed E-state index contributed by atoms with van der Waals surface area (Å²) in [4.78, 5) is 11.6. The number of hydrogen-bond acceptors (Lipinski definition) is 4. The van der Waals surface area contributed by atoms with Crippen LogP contribution in [0.25, 0.3) is 0 Å². The van der Waals surface area contributed by atoms with Crippen LogP contribution in [-0.2, 0) is 9.53 Å². The quantitative estimate of drug-likeness (QED) is 0.489. The van der Waals surface area contributed by atoms with Crippen molar-refractivity contribution in [1.82, 2.24) is 0 Å². The Hall–Kier alpha value is -1.36. The second kappa shape index (κ2) is 4.25. The molecule has 0 bridgehead atoms. The molecule has 0 amide bonds. The molecule has 16 heavy (non-hydrogen) atoms. The number of carbonyl (C=O) groups is 1. The highest BCUT2D eigenvalue weighted by atomic mass is 79.9. The van der Waals surface area contributed by atoms with Gasteiger partial charge in [0.25, 0.3) is 0 Å². The molecular formula is C11H10BrNO3. The van der Waals surface area contributed by atoms with Crippen LogP contribution in [0, 0.1) is 0 Å².